The van der Waals surface area contributed by atoms with E-state index in [9.17, 15) is 18.3 Å². The van der Waals surface area contributed by atoms with Gasteiger partial charge in [0, 0.05) is 44.0 Å². The number of aliphatic hydroxyl groups is 1. The van der Waals surface area contributed by atoms with Crippen LogP contribution < -0.4 is 14.8 Å². The number of hydrogen-bond acceptors (Lipinski definition) is 6. The highest BCUT2D eigenvalue weighted by Crippen LogP contribution is 2.25. The second-order valence-corrected chi connectivity index (χ2v) is 13.3. The number of nitrogens with one attached hydrogen (secondary N) is 2. The predicted octanol–water partition coefficient (Wildman–Crippen LogP) is 5.10. The largest absolute Gasteiger partial charge is 0.457 e. The fourth-order valence-electron chi connectivity index (χ4n) is 5.41. The zero-order chi connectivity index (χ0) is 29.4. The van der Waals surface area contributed by atoms with Crippen LogP contribution in [0, 0.1) is 0 Å². The smallest absolute Gasteiger partial charge is 0.318 e. The highest BCUT2D eigenvalue weighted by Gasteiger charge is 2.29. The number of carbonyl (C=O) groups is 1. The van der Waals surface area contributed by atoms with E-state index in [1.807, 2.05) is 17.0 Å². The molecule has 1 saturated carbocycles. The molecule has 4 rings (SSSR count). The van der Waals surface area contributed by atoms with Gasteiger partial charge in [-0.3, -0.25) is 9.62 Å². The number of likely N-dealkylation sites (tertiary alicyclic amines) is 1. The van der Waals surface area contributed by atoms with E-state index in [0.29, 0.717) is 23.7 Å². The Morgan fingerprint density at radius 2 is 1.56 bits per heavy atom. The number of allylic oxidation sites excluding steroid dienone is 1. The van der Waals surface area contributed by atoms with Crippen molar-refractivity contribution in [2.45, 2.75) is 77.1 Å². The second-order valence-electron chi connectivity index (χ2n) is 11.5. The fourth-order valence-corrected chi connectivity index (χ4v) is 5.97. The molecule has 0 unspecified atom stereocenters. The average molecular weight is 585 g/mol. The molecule has 0 radical (unpaired) electrons. The summed E-state index contributed by atoms with van der Waals surface area (Å²) < 4.78 is 31.1. The highest BCUT2D eigenvalue weighted by atomic mass is 32.2. The van der Waals surface area contributed by atoms with Gasteiger partial charge in [-0.05, 0) is 94.3 Å². The van der Waals surface area contributed by atoms with Gasteiger partial charge in [0.25, 0.3) is 0 Å². The van der Waals surface area contributed by atoms with Crippen LogP contribution in [0.4, 0.5) is 10.5 Å². The van der Waals surface area contributed by atoms with E-state index in [4.69, 9.17) is 4.74 Å². The van der Waals surface area contributed by atoms with Crippen LogP contribution in [0.25, 0.3) is 0 Å². The lowest BCUT2D eigenvalue weighted by Gasteiger charge is -2.39. The van der Waals surface area contributed by atoms with E-state index in [0.717, 1.165) is 64.4 Å². The lowest BCUT2D eigenvalue weighted by Crippen LogP contribution is -2.53. The lowest BCUT2D eigenvalue weighted by molar-refractivity contribution is 0.105. The standard InChI is InChI=1S/C31H44N4O5S/c1-23(2)16-21-35(31(37)32-25-6-10-28(36)11-7-25)27-17-19-34(20-18-27)22-24-4-12-29(13-5-24)40-30-14-8-26(9-15-30)33-41(3,38)39/h4-5,8-9,12-16,25,27-28,33,36H,6-7,10-11,17-22H2,1-3H3,(H,32,37). The Balaban J connectivity index is 1.27. The van der Waals surface area contributed by atoms with E-state index >= 15 is 0 Å². The first-order valence-corrected chi connectivity index (χ1v) is 16.4. The highest BCUT2D eigenvalue weighted by molar-refractivity contribution is 7.92. The summed E-state index contributed by atoms with van der Waals surface area (Å²) in [6.07, 6.45) is 8.04. The number of benzene rings is 2. The van der Waals surface area contributed by atoms with Crippen LogP contribution in [-0.4, -0.2) is 73.4 Å². The number of anilines is 1. The van der Waals surface area contributed by atoms with E-state index < -0.39 is 10.0 Å². The molecular weight excluding hydrogens is 540 g/mol. The Morgan fingerprint density at radius 1 is 0.976 bits per heavy atom. The first kappa shape index (κ1) is 30.9. The molecule has 0 atom stereocenters. The van der Waals surface area contributed by atoms with Crippen LogP contribution in [0.1, 0.15) is 57.9 Å². The van der Waals surface area contributed by atoms with Crippen LogP contribution in [0.5, 0.6) is 11.5 Å². The maximum Gasteiger partial charge on any atom is 0.318 e. The van der Waals surface area contributed by atoms with Crippen molar-refractivity contribution in [1.82, 2.24) is 15.1 Å². The maximum atomic E-state index is 13.3. The number of carbonyl (C=O) groups excluding carboxylic acids is 1. The normalized spacial score (nSPS) is 20.2. The number of hydrogen-bond donors (Lipinski definition) is 3. The molecular formula is C31H44N4O5S. The van der Waals surface area contributed by atoms with Gasteiger partial charge in [0.05, 0.1) is 12.4 Å². The number of sulfonamides is 1. The van der Waals surface area contributed by atoms with Gasteiger partial charge >= 0.3 is 6.03 Å². The van der Waals surface area contributed by atoms with Gasteiger partial charge in [-0.15, -0.1) is 0 Å². The van der Waals surface area contributed by atoms with Crippen molar-refractivity contribution in [3.8, 4) is 11.5 Å². The van der Waals surface area contributed by atoms with Crippen molar-refractivity contribution in [1.29, 1.82) is 0 Å². The molecule has 1 aliphatic carbocycles. The summed E-state index contributed by atoms with van der Waals surface area (Å²) in [5.74, 6) is 1.34. The molecule has 9 nitrogen and oxygen atoms in total. The van der Waals surface area contributed by atoms with Gasteiger partial charge in [-0.25, -0.2) is 13.2 Å². The van der Waals surface area contributed by atoms with Crippen molar-refractivity contribution < 1.29 is 23.1 Å². The van der Waals surface area contributed by atoms with Gasteiger partial charge in [-0.2, -0.15) is 0 Å². The van der Waals surface area contributed by atoms with Gasteiger partial charge in [0.1, 0.15) is 11.5 Å². The van der Waals surface area contributed by atoms with Crippen molar-refractivity contribution >= 4 is 21.7 Å². The Labute approximate surface area is 244 Å². The number of amides is 2. The van der Waals surface area contributed by atoms with Gasteiger partial charge in [-0.1, -0.05) is 23.8 Å². The quantitative estimate of drug-likeness (QED) is 0.335. The van der Waals surface area contributed by atoms with Gasteiger partial charge < -0.3 is 20.1 Å². The summed E-state index contributed by atoms with van der Waals surface area (Å²) in [5, 5.41) is 13.0. The SMILES string of the molecule is CC(C)=CCN(C(=O)NC1CCC(O)CC1)C1CCN(Cc2ccc(Oc3ccc(NS(C)(=O)=O)cc3)cc2)CC1. The summed E-state index contributed by atoms with van der Waals surface area (Å²) >= 11 is 0. The van der Waals surface area contributed by atoms with Crippen LogP contribution in [-0.2, 0) is 16.6 Å². The molecule has 3 N–H and O–H groups in total. The monoisotopic (exact) mass is 584 g/mol. The number of nitrogens with zero attached hydrogens (tertiary/aromatic N) is 2. The van der Waals surface area contributed by atoms with E-state index in [1.54, 1.807) is 24.3 Å². The predicted molar refractivity (Wildman–Crippen MR) is 163 cm³/mol. The molecule has 2 aromatic carbocycles. The topological polar surface area (TPSA) is 111 Å². The number of rotatable bonds is 10. The molecule has 0 spiro atoms. The number of piperidine rings is 1. The third-order valence-corrected chi connectivity index (χ3v) is 8.31. The van der Waals surface area contributed by atoms with E-state index in [2.05, 4.69) is 47.0 Å². The lowest BCUT2D eigenvalue weighted by atomic mass is 9.93. The molecule has 2 fully saturated rings. The molecule has 2 aromatic rings. The summed E-state index contributed by atoms with van der Waals surface area (Å²) in [4.78, 5) is 17.7. The Morgan fingerprint density at radius 3 is 2.12 bits per heavy atom. The number of aliphatic hydroxyl groups excluding tert-OH is 1. The summed E-state index contributed by atoms with van der Waals surface area (Å²) in [6, 6.07) is 15.2. The molecule has 224 valence electrons. The van der Waals surface area contributed by atoms with Crippen molar-refractivity contribution in [3.63, 3.8) is 0 Å². The summed E-state index contributed by atoms with van der Waals surface area (Å²) in [6.45, 7) is 7.42. The van der Waals surface area contributed by atoms with Crippen LogP contribution in [0.2, 0.25) is 0 Å². The molecule has 41 heavy (non-hydrogen) atoms. The molecule has 1 aliphatic heterocycles. The Hall–Kier alpha value is -3.08. The minimum atomic E-state index is -3.31. The molecule has 0 bridgehead atoms. The maximum absolute atomic E-state index is 13.3. The van der Waals surface area contributed by atoms with Crippen molar-refractivity contribution in [3.05, 3.63) is 65.7 Å². The molecule has 1 saturated heterocycles. The van der Waals surface area contributed by atoms with Gasteiger partial charge in [0.2, 0.25) is 10.0 Å². The zero-order valence-electron chi connectivity index (χ0n) is 24.4. The average Bonchev–Trinajstić information content (AvgIpc) is 2.92. The van der Waals surface area contributed by atoms with Crippen LogP contribution in [0.3, 0.4) is 0 Å². The van der Waals surface area contributed by atoms with Crippen LogP contribution >= 0.6 is 0 Å². The minimum absolute atomic E-state index is 0.0132. The van der Waals surface area contributed by atoms with Crippen molar-refractivity contribution in [2.75, 3.05) is 30.6 Å². The van der Waals surface area contributed by atoms with Crippen molar-refractivity contribution in [2.24, 2.45) is 0 Å². The minimum Gasteiger partial charge on any atom is -0.457 e. The molecule has 1 heterocycles. The zero-order valence-corrected chi connectivity index (χ0v) is 25.2. The molecule has 10 heteroatoms. The second kappa shape index (κ2) is 14.2. The van der Waals surface area contributed by atoms with Gasteiger partial charge in [0.15, 0.2) is 0 Å². The van der Waals surface area contributed by atoms with Crippen LogP contribution in [0.15, 0.2) is 60.2 Å². The molecule has 2 amide bonds. The number of ether oxygens (including phenoxy) is 1. The Bertz CT molecular complexity index is 1260. The molecule has 2 aliphatic rings. The number of urea groups is 1. The molecule has 0 aromatic heterocycles. The fraction of sp³-hybridized carbons (Fsp3) is 0.516. The third kappa shape index (κ3) is 10.1. The third-order valence-electron chi connectivity index (χ3n) is 7.70. The first-order chi connectivity index (χ1) is 19.5. The Kier molecular flexibility index (Phi) is 10.7. The first-order valence-electron chi connectivity index (χ1n) is 14.5. The van der Waals surface area contributed by atoms with E-state index in [-0.39, 0.29) is 24.2 Å². The summed E-state index contributed by atoms with van der Waals surface area (Å²) in [5.41, 5.74) is 2.89. The summed E-state index contributed by atoms with van der Waals surface area (Å²) in [7, 11) is -3.31. The van der Waals surface area contributed by atoms with E-state index in [1.165, 1.54) is 11.1 Å².